The number of rotatable bonds is 10. The van der Waals surface area contributed by atoms with Gasteiger partial charge in [-0.1, -0.05) is 6.07 Å². The van der Waals surface area contributed by atoms with Gasteiger partial charge in [-0.25, -0.2) is 13.1 Å². The number of amides is 1. The Morgan fingerprint density at radius 1 is 1.09 bits per heavy atom. The van der Waals surface area contributed by atoms with Gasteiger partial charge in [-0.3, -0.25) is 4.79 Å². The summed E-state index contributed by atoms with van der Waals surface area (Å²) < 4.78 is 44.1. The largest absolute Gasteiger partial charge is 0.493 e. The molecule has 192 valence electrons. The lowest BCUT2D eigenvalue weighted by atomic mass is 10.0. The van der Waals surface area contributed by atoms with Crippen molar-refractivity contribution in [2.45, 2.75) is 56.2 Å². The average Bonchev–Trinajstić information content (AvgIpc) is 3.34. The molecule has 35 heavy (non-hydrogen) atoms. The molecule has 2 aromatic rings. The van der Waals surface area contributed by atoms with Crippen LogP contribution in [-0.2, 0) is 19.6 Å². The van der Waals surface area contributed by atoms with E-state index in [1.165, 1.54) is 19.2 Å². The minimum Gasteiger partial charge on any atom is -0.493 e. The Morgan fingerprint density at radius 3 is 2.34 bits per heavy atom. The van der Waals surface area contributed by atoms with E-state index in [2.05, 4.69) is 15.4 Å². The quantitative estimate of drug-likeness (QED) is 0.454. The van der Waals surface area contributed by atoms with Gasteiger partial charge in [0.2, 0.25) is 15.9 Å². The number of carbonyl (C=O) groups is 1. The third kappa shape index (κ3) is 7.33. The van der Waals surface area contributed by atoms with Gasteiger partial charge in [-0.15, -0.1) is 0 Å². The second kappa shape index (κ2) is 11.3. The lowest BCUT2D eigenvalue weighted by molar-refractivity contribution is -0.123. The van der Waals surface area contributed by atoms with Crippen molar-refractivity contribution in [1.82, 2.24) is 10.0 Å². The van der Waals surface area contributed by atoms with Crippen LogP contribution >= 0.6 is 0 Å². The van der Waals surface area contributed by atoms with Crippen molar-refractivity contribution in [3.05, 3.63) is 48.0 Å². The first-order valence-electron chi connectivity index (χ1n) is 11.5. The maximum atomic E-state index is 13.2. The Kier molecular flexibility index (Phi) is 8.63. The van der Waals surface area contributed by atoms with Crippen molar-refractivity contribution in [1.29, 1.82) is 0 Å². The SMILES string of the molecule is COc1ccc([C@H](Nc2ccc(S(=O)(=O)NC[C@@H]3CCCO3)cc2)C(=O)NC(C)(C)C)cc1OC. The summed E-state index contributed by atoms with van der Waals surface area (Å²) in [6.07, 6.45) is 1.70. The zero-order valence-electron chi connectivity index (χ0n) is 20.9. The molecule has 10 heteroatoms. The minimum absolute atomic E-state index is 0.0886. The molecular weight excluding hydrogens is 470 g/mol. The van der Waals surface area contributed by atoms with E-state index in [4.69, 9.17) is 14.2 Å². The Bertz CT molecular complexity index is 1110. The molecule has 1 amide bonds. The summed E-state index contributed by atoms with van der Waals surface area (Å²) in [4.78, 5) is 13.3. The van der Waals surface area contributed by atoms with Crippen LogP contribution in [0.15, 0.2) is 47.4 Å². The number of anilines is 1. The lowest BCUT2D eigenvalue weighted by Crippen LogP contribution is -2.44. The molecule has 2 aromatic carbocycles. The molecule has 1 aliphatic rings. The highest BCUT2D eigenvalue weighted by atomic mass is 32.2. The Balaban J connectivity index is 1.81. The second-order valence-corrected chi connectivity index (χ2v) is 11.2. The van der Waals surface area contributed by atoms with Gasteiger partial charge in [-0.2, -0.15) is 0 Å². The summed E-state index contributed by atoms with van der Waals surface area (Å²) in [6.45, 7) is 6.62. The standard InChI is InChI=1S/C25H35N3O6S/c1-25(2,3)28-24(29)23(17-8-13-21(32-4)22(15-17)33-5)27-18-9-11-20(12-10-18)35(30,31)26-16-19-7-6-14-34-19/h8-13,15,19,23,26-27H,6-7,14,16H2,1-5H3,(H,28,29)/t19-,23-/m0/s1. The van der Waals surface area contributed by atoms with Crippen molar-refractivity contribution in [2.24, 2.45) is 0 Å². The van der Waals surface area contributed by atoms with E-state index in [0.29, 0.717) is 29.4 Å². The topological polar surface area (TPSA) is 115 Å². The van der Waals surface area contributed by atoms with Gasteiger partial charge >= 0.3 is 0 Å². The molecule has 3 rings (SSSR count). The Labute approximate surface area is 207 Å². The molecule has 9 nitrogen and oxygen atoms in total. The third-order valence-corrected chi connectivity index (χ3v) is 6.94. The van der Waals surface area contributed by atoms with Gasteiger partial charge in [-0.05, 0) is 75.6 Å². The Hall–Kier alpha value is -2.82. The van der Waals surface area contributed by atoms with Crippen molar-refractivity contribution in [3.63, 3.8) is 0 Å². The van der Waals surface area contributed by atoms with E-state index in [-0.39, 0.29) is 23.5 Å². The fraction of sp³-hybridized carbons (Fsp3) is 0.480. The van der Waals surface area contributed by atoms with Crippen LogP contribution in [0, 0.1) is 0 Å². The summed E-state index contributed by atoms with van der Waals surface area (Å²) in [5.41, 5.74) is 0.812. The summed E-state index contributed by atoms with van der Waals surface area (Å²) in [5.74, 6) is 0.815. The van der Waals surface area contributed by atoms with Gasteiger partial charge in [0, 0.05) is 24.4 Å². The molecule has 2 atom stereocenters. The average molecular weight is 506 g/mol. The van der Waals surface area contributed by atoms with Crippen molar-refractivity contribution in [2.75, 3.05) is 32.7 Å². The highest BCUT2D eigenvalue weighted by Gasteiger charge is 2.26. The number of carbonyl (C=O) groups excluding carboxylic acids is 1. The van der Waals surface area contributed by atoms with Gasteiger partial charge < -0.3 is 24.8 Å². The van der Waals surface area contributed by atoms with Gasteiger partial charge in [0.1, 0.15) is 6.04 Å². The van der Waals surface area contributed by atoms with Crippen molar-refractivity contribution in [3.8, 4) is 11.5 Å². The lowest BCUT2D eigenvalue weighted by Gasteiger charge is -2.27. The van der Waals surface area contributed by atoms with Crippen LogP contribution in [0.1, 0.15) is 45.2 Å². The molecule has 0 aromatic heterocycles. The smallest absolute Gasteiger partial charge is 0.247 e. The highest BCUT2D eigenvalue weighted by Crippen LogP contribution is 2.32. The molecule has 1 fully saturated rings. The molecule has 0 radical (unpaired) electrons. The number of hydrogen-bond acceptors (Lipinski definition) is 7. The predicted molar refractivity (Wildman–Crippen MR) is 134 cm³/mol. The van der Waals surface area contributed by atoms with Crippen LogP contribution in [-0.4, -0.2) is 53.3 Å². The first kappa shape index (κ1) is 26.8. The van der Waals surface area contributed by atoms with Crippen LogP contribution in [0.25, 0.3) is 0 Å². The van der Waals surface area contributed by atoms with Crippen LogP contribution < -0.4 is 24.8 Å². The first-order valence-corrected chi connectivity index (χ1v) is 13.0. The predicted octanol–water partition coefficient (Wildman–Crippen LogP) is 3.23. The first-order chi connectivity index (χ1) is 16.5. The van der Waals surface area contributed by atoms with Crippen molar-refractivity contribution < 1.29 is 27.4 Å². The summed E-state index contributed by atoms with van der Waals surface area (Å²) in [5, 5.41) is 6.21. The minimum atomic E-state index is -3.67. The van der Waals surface area contributed by atoms with E-state index < -0.39 is 21.6 Å². The van der Waals surface area contributed by atoms with E-state index in [1.807, 2.05) is 20.8 Å². The maximum Gasteiger partial charge on any atom is 0.247 e. The van der Waals surface area contributed by atoms with Crippen LogP contribution in [0.2, 0.25) is 0 Å². The fourth-order valence-electron chi connectivity index (χ4n) is 3.76. The van der Waals surface area contributed by atoms with E-state index >= 15 is 0 Å². The van der Waals surface area contributed by atoms with E-state index in [0.717, 1.165) is 12.8 Å². The maximum absolute atomic E-state index is 13.2. The summed E-state index contributed by atoms with van der Waals surface area (Å²) in [7, 11) is -0.590. The van der Waals surface area contributed by atoms with Gasteiger partial charge in [0.25, 0.3) is 0 Å². The number of sulfonamides is 1. The molecule has 0 saturated carbocycles. The van der Waals surface area contributed by atoms with Gasteiger partial charge in [0.15, 0.2) is 11.5 Å². The number of ether oxygens (including phenoxy) is 3. The zero-order chi connectivity index (χ0) is 25.6. The normalized spacial score (nSPS) is 17.0. The second-order valence-electron chi connectivity index (χ2n) is 9.44. The molecule has 0 aliphatic carbocycles. The molecule has 0 unspecified atom stereocenters. The number of hydrogen-bond donors (Lipinski definition) is 3. The third-order valence-electron chi connectivity index (χ3n) is 5.50. The monoisotopic (exact) mass is 505 g/mol. The molecule has 0 bridgehead atoms. The number of methoxy groups -OCH3 is 2. The zero-order valence-corrected chi connectivity index (χ0v) is 21.7. The summed E-state index contributed by atoms with van der Waals surface area (Å²) in [6, 6.07) is 10.8. The van der Waals surface area contributed by atoms with Crippen LogP contribution in [0.4, 0.5) is 5.69 Å². The molecule has 3 N–H and O–H groups in total. The fourth-order valence-corrected chi connectivity index (χ4v) is 4.83. The molecule has 1 saturated heterocycles. The molecular formula is C25H35N3O6S. The van der Waals surface area contributed by atoms with E-state index in [9.17, 15) is 13.2 Å². The van der Waals surface area contributed by atoms with Crippen LogP contribution in [0.3, 0.4) is 0 Å². The molecule has 1 heterocycles. The highest BCUT2D eigenvalue weighted by molar-refractivity contribution is 7.89. The van der Waals surface area contributed by atoms with Crippen LogP contribution in [0.5, 0.6) is 11.5 Å². The molecule has 1 aliphatic heterocycles. The van der Waals surface area contributed by atoms with E-state index in [1.54, 1.807) is 37.4 Å². The van der Waals surface area contributed by atoms with Crippen molar-refractivity contribution >= 4 is 21.6 Å². The number of benzene rings is 2. The van der Waals surface area contributed by atoms with Gasteiger partial charge in [0.05, 0.1) is 25.2 Å². The Morgan fingerprint density at radius 2 is 1.77 bits per heavy atom. The summed E-state index contributed by atoms with van der Waals surface area (Å²) >= 11 is 0. The number of nitrogens with one attached hydrogen (secondary N) is 3. The molecule has 0 spiro atoms.